The van der Waals surface area contributed by atoms with Crippen LogP contribution in [-0.4, -0.2) is 42.6 Å². The lowest BCUT2D eigenvalue weighted by atomic mass is 9.94. The highest BCUT2D eigenvalue weighted by atomic mass is 16.7. The smallest absolute Gasteiger partial charge is 0.267 e. The number of nitrogens with zero attached hydrogens (tertiary/aromatic N) is 1. The molecule has 1 amide bonds. The van der Waals surface area contributed by atoms with E-state index in [0.29, 0.717) is 13.0 Å². The first-order valence-electron chi connectivity index (χ1n) is 7.79. The number of aliphatic hydroxyl groups excluding tert-OH is 1. The van der Waals surface area contributed by atoms with Gasteiger partial charge in [0.1, 0.15) is 5.75 Å². The molecule has 1 heterocycles. The second-order valence-electron chi connectivity index (χ2n) is 6.61. The average molecular weight is 318 g/mol. The summed E-state index contributed by atoms with van der Waals surface area (Å²) in [5, 5.41) is 16.3. The van der Waals surface area contributed by atoms with Crippen molar-refractivity contribution in [1.29, 1.82) is 0 Å². The fourth-order valence-corrected chi connectivity index (χ4v) is 2.62. The maximum Gasteiger partial charge on any atom is 0.267 e. The van der Waals surface area contributed by atoms with Gasteiger partial charge in [-0.15, -0.1) is 0 Å². The van der Waals surface area contributed by atoms with Crippen molar-refractivity contribution in [2.24, 2.45) is 10.6 Å². The molecular formula is C17H22N2O4. The number of oxime groups is 1. The van der Waals surface area contributed by atoms with E-state index in [9.17, 15) is 9.90 Å². The van der Waals surface area contributed by atoms with Crippen LogP contribution in [0.3, 0.4) is 0 Å². The first kappa shape index (κ1) is 15.8. The van der Waals surface area contributed by atoms with Crippen LogP contribution in [0.4, 0.5) is 0 Å². The van der Waals surface area contributed by atoms with Gasteiger partial charge in [0.25, 0.3) is 5.91 Å². The van der Waals surface area contributed by atoms with Crippen LogP contribution >= 0.6 is 0 Å². The Bertz CT molecular complexity index is 622. The van der Waals surface area contributed by atoms with Crippen molar-refractivity contribution in [1.82, 2.24) is 5.32 Å². The molecule has 124 valence electrons. The van der Waals surface area contributed by atoms with Gasteiger partial charge in [-0.25, -0.2) is 0 Å². The number of benzene rings is 1. The molecule has 1 aromatic carbocycles. The Morgan fingerprint density at radius 1 is 1.39 bits per heavy atom. The number of carbonyl (C=O) groups is 1. The van der Waals surface area contributed by atoms with E-state index in [4.69, 9.17) is 9.57 Å². The highest BCUT2D eigenvalue weighted by Crippen LogP contribution is 2.44. The van der Waals surface area contributed by atoms with E-state index in [1.54, 1.807) is 14.0 Å². The summed E-state index contributed by atoms with van der Waals surface area (Å²) in [6.07, 6.45) is 2.32. The van der Waals surface area contributed by atoms with E-state index in [0.717, 1.165) is 29.9 Å². The molecule has 1 saturated carbocycles. The summed E-state index contributed by atoms with van der Waals surface area (Å²) in [5.74, 6) is 0.581. The Hall–Kier alpha value is -2.08. The molecule has 1 unspecified atom stereocenters. The second-order valence-corrected chi connectivity index (χ2v) is 6.61. The molecule has 1 atom stereocenters. The van der Waals surface area contributed by atoms with Crippen LogP contribution in [-0.2, 0) is 9.63 Å². The molecule has 2 N–H and O–H groups in total. The standard InChI is InChI=1S/C17H22N2O4/c1-16(15(21)18-10-17(11-20)7-8-17)9-14(19-23-16)12-3-5-13(22-2)6-4-12/h3-6,20H,7-11H2,1-2H3,(H,18,21). The normalized spacial score (nSPS) is 24.6. The Kier molecular flexibility index (Phi) is 4.02. The van der Waals surface area contributed by atoms with Crippen LogP contribution in [0.15, 0.2) is 29.4 Å². The van der Waals surface area contributed by atoms with Crippen molar-refractivity contribution in [2.75, 3.05) is 20.3 Å². The van der Waals surface area contributed by atoms with Crippen molar-refractivity contribution in [3.8, 4) is 5.75 Å². The van der Waals surface area contributed by atoms with Gasteiger partial charge >= 0.3 is 0 Å². The molecule has 1 aliphatic carbocycles. The topological polar surface area (TPSA) is 80.2 Å². The largest absolute Gasteiger partial charge is 0.497 e. The molecule has 3 rings (SSSR count). The van der Waals surface area contributed by atoms with Gasteiger partial charge < -0.3 is 20.0 Å². The van der Waals surface area contributed by atoms with Crippen LogP contribution in [0.5, 0.6) is 5.75 Å². The molecule has 6 heteroatoms. The summed E-state index contributed by atoms with van der Waals surface area (Å²) < 4.78 is 5.14. The third-order valence-electron chi connectivity index (χ3n) is 4.68. The predicted molar refractivity (Wildman–Crippen MR) is 85.4 cm³/mol. The molecule has 0 radical (unpaired) electrons. The number of hydrogen-bond donors (Lipinski definition) is 2. The number of aliphatic hydroxyl groups is 1. The second kappa shape index (κ2) is 5.85. The molecule has 6 nitrogen and oxygen atoms in total. The Morgan fingerprint density at radius 2 is 2.09 bits per heavy atom. The fourth-order valence-electron chi connectivity index (χ4n) is 2.62. The van der Waals surface area contributed by atoms with Gasteiger partial charge in [-0.05, 0) is 49.6 Å². The first-order valence-corrected chi connectivity index (χ1v) is 7.79. The van der Waals surface area contributed by atoms with Crippen LogP contribution in [0.2, 0.25) is 0 Å². The van der Waals surface area contributed by atoms with Gasteiger partial charge in [0.2, 0.25) is 5.60 Å². The summed E-state index contributed by atoms with van der Waals surface area (Å²) in [7, 11) is 1.62. The highest BCUT2D eigenvalue weighted by molar-refractivity contribution is 6.05. The van der Waals surface area contributed by atoms with Crippen LogP contribution in [0, 0.1) is 5.41 Å². The van der Waals surface area contributed by atoms with Gasteiger partial charge in [-0.3, -0.25) is 4.79 Å². The van der Waals surface area contributed by atoms with Gasteiger partial charge in [0.05, 0.1) is 19.4 Å². The summed E-state index contributed by atoms with van der Waals surface area (Å²) in [6.45, 7) is 2.33. The molecule has 0 bridgehead atoms. The number of hydrogen-bond acceptors (Lipinski definition) is 5. The maximum absolute atomic E-state index is 12.4. The van der Waals surface area contributed by atoms with Gasteiger partial charge in [0.15, 0.2) is 0 Å². The van der Waals surface area contributed by atoms with Crippen molar-refractivity contribution in [2.45, 2.75) is 31.8 Å². The minimum Gasteiger partial charge on any atom is -0.497 e. The fraction of sp³-hybridized carbons (Fsp3) is 0.529. The van der Waals surface area contributed by atoms with Gasteiger partial charge in [-0.2, -0.15) is 0 Å². The Labute approximate surface area is 135 Å². The van der Waals surface area contributed by atoms with E-state index >= 15 is 0 Å². The maximum atomic E-state index is 12.4. The van der Waals surface area contributed by atoms with E-state index < -0.39 is 5.60 Å². The zero-order chi connectivity index (χ0) is 16.5. The molecule has 1 fully saturated rings. The molecule has 2 aliphatic rings. The van der Waals surface area contributed by atoms with Crippen LogP contribution < -0.4 is 10.1 Å². The molecule has 0 saturated heterocycles. The van der Waals surface area contributed by atoms with Gasteiger partial charge in [0, 0.05) is 18.4 Å². The van der Waals surface area contributed by atoms with E-state index in [-0.39, 0.29) is 17.9 Å². The lowest BCUT2D eigenvalue weighted by Crippen LogP contribution is -2.46. The quantitative estimate of drug-likeness (QED) is 0.832. The number of methoxy groups -OCH3 is 1. The van der Waals surface area contributed by atoms with Crippen molar-refractivity contribution < 1.29 is 19.5 Å². The third-order valence-corrected chi connectivity index (χ3v) is 4.68. The first-order chi connectivity index (χ1) is 11.0. The van der Waals surface area contributed by atoms with E-state index in [1.807, 2.05) is 24.3 Å². The number of ether oxygens (including phenoxy) is 1. The van der Waals surface area contributed by atoms with Gasteiger partial charge in [-0.1, -0.05) is 5.16 Å². The summed E-state index contributed by atoms with van der Waals surface area (Å²) >= 11 is 0. The van der Waals surface area contributed by atoms with Crippen LogP contribution in [0.25, 0.3) is 0 Å². The monoisotopic (exact) mass is 318 g/mol. The Balaban J connectivity index is 1.60. The predicted octanol–water partition coefficient (Wildman–Crippen LogP) is 1.47. The number of nitrogens with one attached hydrogen (secondary N) is 1. The average Bonchev–Trinajstić information content (AvgIpc) is 3.26. The minimum atomic E-state index is -0.999. The molecule has 0 aromatic heterocycles. The van der Waals surface area contributed by atoms with Crippen LogP contribution in [0.1, 0.15) is 31.7 Å². The zero-order valence-electron chi connectivity index (χ0n) is 13.5. The van der Waals surface area contributed by atoms with Crippen molar-refractivity contribution >= 4 is 11.6 Å². The minimum absolute atomic E-state index is 0.110. The molecular weight excluding hydrogens is 296 g/mol. The SMILES string of the molecule is COc1ccc(C2=NOC(C)(C(=O)NCC3(CO)CC3)C2)cc1. The molecule has 0 spiro atoms. The third kappa shape index (κ3) is 3.17. The number of amides is 1. The number of carbonyl (C=O) groups excluding carboxylic acids is 1. The Morgan fingerprint density at radius 3 is 2.65 bits per heavy atom. The van der Waals surface area contributed by atoms with E-state index in [2.05, 4.69) is 10.5 Å². The molecule has 23 heavy (non-hydrogen) atoms. The van der Waals surface area contributed by atoms with E-state index in [1.165, 1.54) is 0 Å². The molecule has 1 aromatic rings. The molecule has 1 aliphatic heterocycles. The summed E-state index contributed by atoms with van der Waals surface area (Å²) in [5.41, 5.74) is 0.537. The summed E-state index contributed by atoms with van der Waals surface area (Å²) in [4.78, 5) is 17.9. The number of rotatable bonds is 6. The van der Waals surface area contributed by atoms with Crippen molar-refractivity contribution in [3.05, 3.63) is 29.8 Å². The lowest BCUT2D eigenvalue weighted by Gasteiger charge is -2.22. The van der Waals surface area contributed by atoms with Crippen molar-refractivity contribution in [3.63, 3.8) is 0 Å². The highest BCUT2D eigenvalue weighted by Gasteiger charge is 2.46. The zero-order valence-corrected chi connectivity index (χ0v) is 13.5. The lowest BCUT2D eigenvalue weighted by molar-refractivity contribution is -0.142. The summed E-state index contributed by atoms with van der Waals surface area (Å²) in [6, 6.07) is 7.50.